The predicted molar refractivity (Wildman–Crippen MR) is 108 cm³/mol. The van der Waals surface area contributed by atoms with E-state index in [1.807, 2.05) is 12.1 Å². The van der Waals surface area contributed by atoms with Gasteiger partial charge in [0.15, 0.2) is 0 Å². The van der Waals surface area contributed by atoms with E-state index in [1.54, 1.807) is 0 Å². The fourth-order valence-electron chi connectivity index (χ4n) is 4.72. The lowest BCUT2D eigenvalue weighted by Gasteiger charge is -2.37. The van der Waals surface area contributed by atoms with Gasteiger partial charge in [0.1, 0.15) is 5.75 Å². The first-order valence-corrected chi connectivity index (χ1v) is 11.3. The summed E-state index contributed by atoms with van der Waals surface area (Å²) in [7, 11) is 0. The number of aryl methyl sites for hydroxylation is 1. The molecule has 1 spiro atoms. The van der Waals surface area contributed by atoms with E-state index in [9.17, 15) is 9.59 Å². The van der Waals surface area contributed by atoms with Gasteiger partial charge in [0.2, 0.25) is 11.8 Å². The van der Waals surface area contributed by atoms with Crippen LogP contribution in [0, 0.1) is 5.41 Å². The Morgan fingerprint density at radius 3 is 2.64 bits per heavy atom. The van der Waals surface area contributed by atoms with Crippen LogP contribution in [0.5, 0.6) is 5.75 Å². The summed E-state index contributed by atoms with van der Waals surface area (Å²) in [5.41, 5.74) is 1.24. The first kappa shape index (κ1) is 19.8. The quantitative estimate of drug-likeness (QED) is 0.380. The molecule has 2 amide bonds. The molecule has 5 nitrogen and oxygen atoms in total. The van der Waals surface area contributed by atoms with E-state index < -0.39 is 0 Å². The molecule has 6 heteroatoms. The van der Waals surface area contributed by atoms with Crippen LogP contribution in [0.2, 0.25) is 0 Å². The molecule has 1 aliphatic carbocycles. The monoisotopic (exact) mass is 403 g/mol. The highest BCUT2D eigenvalue weighted by Gasteiger charge is 2.44. The molecule has 0 unspecified atom stereocenters. The number of para-hydroxylation sites is 1. The van der Waals surface area contributed by atoms with Crippen LogP contribution in [0.25, 0.3) is 0 Å². The zero-order valence-corrected chi connectivity index (χ0v) is 17.2. The van der Waals surface area contributed by atoms with Gasteiger partial charge in [-0.15, -0.1) is 0 Å². The van der Waals surface area contributed by atoms with E-state index in [2.05, 4.69) is 6.07 Å². The molecule has 28 heavy (non-hydrogen) atoms. The average molecular weight is 404 g/mol. The van der Waals surface area contributed by atoms with Gasteiger partial charge in [-0.25, -0.2) is 0 Å². The second kappa shape index (κ2) is 8.87. The maximum atomic E-state index is 12.5. The largest absolute Gasteiger partial charge is 0.492 e. The molecule has 0 aromatic heterocycles. The van der Waals surface area contributed by atoms with Crippen LogP contribution in [0.1, 0.15) is 63.4 Å². The lowest BCUT2D eigenvalue weighted by Crippen LogP contribution is -2.47. The average Bonchev–Trinajstić information content (AvgIpc) is 3.13. The third-order valence-corrected chi connectivity index (χ3v) is 7.01. The number of amides is 2. The van der Waals surface area contributed by atoms with Gasteiger partial charge in [-0.2, -0.15) is 0 Å². The van der Waals surface area contributed by atoms with Gasteiger partial charge in [0, 0.05) is 31.4 Å². The van der Waals surface area contributed by atoms with Crippen molar-refractivity contribution >= 4 is 23.9 Å². The lowest BCUT2D eigenvalue weighted by molar-refractivity contribution is -0.153. The summed E-state index contributed by atoms with van der Waals surface area (Å²) in [6, 6.07) is 6.18. The Kier molecular flexibility index (Phi) is 6.26. The van der Waals surface area contributed by atoms with E-state index in [4.69, 9.17) is 8.92 Å². The molecular weight excluding hydrogens is 374 g/mol. The highest BCUT2D eigenvalue weighted by Crippen LogP contribution is 2.46. The molecule has 0 atom stereocenters. The number of nitrogens with zero attached hydrogens (tertiary/aromatic N) is 1. The van der Waals surface area contributed by atoms with Gasteiger partial charge in [-0.3, -0.25) is 14.5 Å². The van der Waals surface area contributed by atoms with Crippen LogP contribution < -0.4 is 4.74 Å². The van der Waals surface area contributed by atoms with E-state index >= 15 is 0 Å². The van der Waals surface area contributed by atoms with Gasteiger partial charge in [-0.1, -0.05) is 25.0 Å². The molecule has 2 aliphatic heterocycles. The number of hydrogen-bond donors (Lipinski definition) is 0. The van der Waals surface area contributed by atoms with Crippen molar-refractivity contribution in [3.05, 3.63) is 23.8 Å². The number of carbonyl (C=O) groups excluding carboxylic acids is 2. The Bertz CT molecular complexity index is 709. The summed E-state index contributed by atoms with van der Waals surface area (Å²) >= 11 is 1.36. The van der Waals surface area contributed by atoms with Crippen molar-refractivity contribution in [3.63, 3.8) is 0 Å². The standard InChI is InChI=1S/C22H29NO4S/c24-19-15-22(10-1-2-11-22)16-20(25)23(19)12-3-4-14-27-28-18-9-5-7-17-8-6-13-26-21(17)18/h5,7,9H,1-4,6,8,10-16H2. The zero-order valence-electron chi connectivity index (χ0n) is 16.4. The van der Waals surface area contributed by atoms with Crippen molar-refractivity contribution in [3.8, 4) is 5.75 Å². The Hall–Kier alpha value is -1.53. The second-order valence-electron chi connectivity index (χ2n) is 8.31. The Morgan fingerprint density at radius 2 is 1.86 bits per heavy atom. The molecule has 2 heterocycles. The van der Waals surface area contributed by atoms with Crippen LogP contribution in [-0.2, 0) is 20.2 Å². The molecular formula is C22H29NO4S. The summed E-state index contributed by atoms with van der Waals surface area (Å²) in [5.74, 6) is 1.02. The normalized spacial score (nSPS) is 21.1. The Balaban J connectivity index is 1.18. The molecule has 0 N–H and O–H groups in total. The number of unbranched alkanes of at least 4 members (excludes halogenated alkanes) is 1. The highest BCUT2D eigenvalue weighted by atomic mass is 32.2. The third-order valence-electron chi connectivity index (χ3n) is 6.22. The highest BCUT2D eigenvalue weighted by molar-refractivity contribution is 7.94. The first-order valence-electron chi connectivity index (χ1n) is 10.5. The lowest BCUT2D eigenvalue weighted by atomic mass is 9.76. The summed E-state index contributed by atoms with van der Waals surface area (Å²) in [5, 5.41) is 0. The Labute approximate surface area is 171 Å². The fraction of sp³-hybridized carbons (Fsp3) is 0.636. The molecule has 1 aromatic carbocycles. The molecule has 1 aromatic rings. The van der Waals surface area contributed by atoms with Gasteiger partial charge in [-0.05, 0) is 55.6 Å². The van der Waals surface area contributed by atoms with E-state index in [0.29, 0.717) is 26.0 Å². The van der Waals surface area contributed by atoms with Crippen LogP contribution in [-0.4, -0.2) is 36.5 Å². The molecule has 2 fully saturated rings. The number of hydrogen-bond acceptors (Lipinski definition) is 5. The van der Waals surface area contributed by atoms with Crippen LogP contribution in [0.15, 0.2) is 23.1 Å². The molecule has 3 aliphatic rings. The number of imide groups is 1. The number of ether oxygens (including phenoxy) is 1. The van der Waals surface area contributed by atoms with Crippen molar-refractivity contribution in [2.75, 3.05) is 19.8 Å². The molecule has 0 radical (unpaired) electrons. The van der Waals surface area contributed by atoms with Crippen molar-refractivity contribution in [1.82, 2.24) is 4.90 Å². The SMILES string of the molecule is O=C1CC2(CCCC2)CC(=O)N1CCCCOSc1cccc2c1OCCC2. The van der Waals surface area contributed by atoms with Crippen molar-refractivity contribution in [1.29, 1.82) is 0 Å². The Morgan fingerprint density at radius 1 is 1.07 bits per heavy atom. The number of carbonyl (C=O) groups is 2. The maximum Gasteiger partial charge on any atom is 0.229 e. The number of likely N-dealkylation sites (tertiary alicyclic amines) is 1. The minimum atomic E-state index is -0.0126. The van der Waals surface area contributed by atoms with E-state index in [1.165, 1.54) is 22.5 Å². The van der Waals surface area contributed by atoms with Crippen LogP contribution in [0.4, 0.5) is 0 Å². The first-order chi connectivity index (χ1) is 13.7. The fourth-order valence-corrected chi connectivity index (χ4v) is 5.45. The molecule has 152 valence electrons. The van der Waals surface area contributed by atoms with Gasteiger partial charge in [0.05, 0.1) is 18.1 Å². The third kappa shape index (κ3) is 4.38. The van der Waals surface area contributed by atoms with Gasteiger partial charge in [0.25, 0.3) is 0 Å². The number of benzene rings is 1. The van der Waals surface area contributed by atoms with Crippen molar-refractivity contribution in [2.24, 2.45) is 5.41 Å². The van der Waals surface area contributed by atoms with Gasteiger partial charge < -0.3 is 8.92 Å². The van der Waals surface area contributed by atoms with Crippen molar-refractivity contribution < 1.29 is 18.5 Å². The van der Waals surface area contributed by atoms with Crippen molar-refractivity contribution in [2.45, 2.75) is 69.1 Å². The topological polar surface area (TPSA) is 55.8 Å². The minimum absolute atomic E-state index is 0.0126. The summed E-state index contributed by atoms with van der Waals surface area (Å²) in [6.45, 7) is 1.88. The zero-order chi connectivity index (χ0) is 19.4. The predicted octanol–water partition coefficient (Wildman–Crippen LogP) is 4.52. The summed E-state index contributed by atoms with van der Waals surface area (Å²) in [6.07, 6.45) is 9.25. The number of rotatable bonds is 7. The van der Waals surface area contributed by atoms with E-state index in [0.717, 1.165) is 68.6 Å². The molecule has 0 bridgehead atoms. The van der Waals surface area contributed by atoms with Crippen LogP contribution in [0.3, 0.4) is 0 Å². The van der Waals surface area contributed by atoms with E-state index in [-0.39, 0.29) is 17.2 Å². The second-order valence-corrected chi connectivity index (χ2v) is 9.15. The smallest absolute Gasteiger partial charge is 0.229 e. The minimum Gasteiger partial charge on any atom is -0.492 e. The summed E-state index contributed by atoms with van der Waals surface area (Å²) < 4.78 is 11.5. The molecule has 1 saturated heterocycles. The number of fused-ring (bicyclic) bond motifs is 1. The number of piperidine rings is 1. The van der Waals surface area contributed by atoms with Gasteiger partial charge >= 0.3 is 0 Å². The van der Waals surface area contributed by atoms with Crippen LogP contribution >= 0.6 is 12.0 Å². The summed E-state index contributed by atoms with van der Waals surface area (Å²) in [4.78, 5) is 27.4. The molecule has 4 rings (SSSR count). The molecule has 1 saturated carbocycles. The maximum absolute atomic E-state index is 12.5.